The highest BCUT2D eigenvalue weighted by Gasteiger charge is 2.30. The number of carbonyl (C=O) groups excluding carboxylic acids is 1. The molecule has 0 heterocycles. The number of Topliss-reactive ketones (excluding diaryl/α,β-unsaturated/α-hetero) is 1. The maximum Gasteiger partial charge on any atom is 0.168 e. The average molecular weight is 346 g/mol. The number of halogens is 1. The normalized spacial score (nSPS) is 21.5. The molecule has 0 aliphatic heterocycles. The van der Waals surface area contributed by atoms with E-state index in [1.165, 1.54) is 5.54 Å². The van der Waals surface area contributed by atoms with Crippen LogP contribution in [0.25, 0.3) is 0 Å². The van der Waals surface area contributed by atoms with Crippen LogP contribution < -0.4 is 0 Å². The zero-order chi connectivity index (χ0) is 16.5. The van der Waals surface area contributed by atoms with Gasteiger partial charge in [-0.05, 0) is 31.1 Å². The van der Waals surface area contributed by atoms with E-state index in [9.17, 15) is 9.90 Å². The van der Waals surface area contributed by atoms with E-state index in [0.29, 0.717) is 29.4 Å². The molecule has 0 saturated carbocycles. The van der Waals surface area contributed by atoms with Gasteiger partial charge in [-0.15, -0.1) is 0 Å². The van der Waals surface area contributed by atoms with E-state index in [2.05, 4.69) is 19.0 Å². The summed E-state index contributed by atoms with van der Waals surface area (Å²) in [4.78, 5) is 17.3. The largest absolute Gasteiger partial charge is 0.511 e. The van der Waals surface area contributed by atoms with Crippen LogP contribution in [0, 0.1) is 5.92 Å². The molecule has 1 aliphatic carbocycles. The van der Waals surface area contributed by atoms with Crippen molar-refractivity contribution in [1.82, 2.24) is 0 Å². The Hall–Kier alpha value is -0.940. The van der Waals surface area contributed by atoms with Crippen molar-refractivity contribution < 1.29 is 14.7 Å². The third-order valence-electron chi connectivity index (χ3n) is 3.46. The number of aliphatic hydroxyl groups is 1. The predicted molar refractivity (Wildman–Crippen MR) is 93.7 cm³/mol. The number of hydrogen-bond acceptors (Lipinski definition) is 5. The van der Waals surface area contributed by atoms with E-state index in [1.54, 1.807) is 13.0 Å². The lowest BCUT2D eigenvalue weighted by Crippen LogP contribution is -2.25. The summed E-state index contributed by atoms with van der Waals surface area (Å²) in [6, 6.07) is 0. The molecule has 0 bridgehead atoms. The van der Waals surface area contributed by atoms with E-state index >= 15 is 0 Å². The molecule has 0 radical (unpaired) electrons. The number of rotatable bonds is 8. The molecule has 124 valence electrons. The van der Waals surface area contributed by atoms with Crippen molar-refractivity contribution in [3.8, 4) is 0 Å². The van der Waals surface area contributed by atoms with E-state index in [-0.39, 0.29) is 24.1 Å². The third kappa shape index (κ3) is 6.05. The lowest BCUT2D eigenvalue weighted by molar-refractivity contribution is -0.116. The van der Waals surface area contributed by atoms with Gasteiger partial charge < -0.3 is 9.94 Å². The number of oxime groups is 1. The van der Waals surface area contributed by atoms with Gasteiger partial charge in [0.2, 0.25) is 0 Å². The van der Waals surface area contributed by atoms with Crippen molar-refractivity contribution in [3.63, 3.8) is 0 Å². The van der Waals surface area contributed by atoms with Crippen LogP contribution in [-0.4, -0.2) is 34.2 Å². The van der Waals surface area contributed by atoms with Crippen molar-refractivity contribution in [1.29, 1.82) is 0 Å². The standard InChI is InChI=1S/C16H24ClNO3S/c1-4-22-11(2)8-13-9-14(19)16(15(20)10-13)12(3)18-21-7-5-6-17/h5-6,11,13,19H,4,7-10H2,1-3H3/b6-5+,18-12-/t11-,13+/m0/s1. The first-order valence-electron chi connectivity index (χ1n) is 7.48. The van der Waals surface area contributed by atoms with Crippen LogP contribution in [0.4, 0.5) is 0 Å². The highest BCUT2D eigenvalue weighted by molar-refractivity contribution is 7.99. The van der Waals surface area contributed by atoms with Gasteiger partial charge in [-0.2, -0.15) is 11.8 Å². The summed E-state index contributed by atoms with van der Waals surface area (Å²) in [5.74, 6) is 1.35. The maximum atomic E-state index is 12.3. The fourth-order valence-corrected chi connectivity index (χ4v) is 3.68. The molecule has 22 heavy (non-hydrogen) atoms. The van der Waals surface area contributed by atoms with Crippen molar-refractivity contribution in [2.75, 3.05) is 12.4 Å². The molecule has 0 aromatic heterocycles. The SMILES string of the molecule is CCS[C@@H](C)C[C@H]1CC(=O)C(/C(C)=N\OC/C=C/Cl)=C(O)C1. The average Bonchev–Trinajstić information content (AvgIpc) is 2.43. The molecule has 1 rings (SSSR count). The minimum Gasteiger partial charge on any atom is -0.511 e. The summed E-state index contributed by atoms with van der Waals surface area (Å²) in [6.45, 7) is 6.20. The number of aliphatic hydroxyl groups excluding tert-OH is 1. The molecule has 0 aromatic rings. The van der Waals surface area contributed by atoms with E-state index in [4.69, 9.17) is 16.4 Å². The molecule has 0 saturated heterocycles. The second-order valence-electron chi connectivity index (χ2n) is 5.35. The Morgan fingerprint density at radius 3 is 2.91 bits per heavy atom. The smallest absolute Gasteiger partial charge is 0.168 e. The number of nitrogens with zero attached hydrogens (tertiary/aromatic N) is 1. The summed E-state index contributed by atoms with van der Waals surface area (Å²) in [5, 5.41) is 14.6. The van der Waals surface area contributed by atoms with Crippen LogP contribution >= 0.6 is 23.4 Å². The number of allylic oxidation sites excluding steroid dienone is 2. The zero-order valence-corrected chi connectivity index (χ0v) is 14.9. The second-order valence-corrected chi connectivity index (χ2v) is 7.32. The van der Waals surface area contributed by atoms with Gasteiger partial charge >= 0.3 is 0 Å². The van der Waals surface area contributed by atoms with Gasteiger partial charge in [-0.3, -0.25) is 4.79 Å². The molecular weight excluding hydrogens is 322 g/mol. The van der Waals surface area contributed by atoms with Crippen LogP contribution in [0.2, 0.25) is 0 Å². The minimum atomic E-state index is -0.0554. The van der Waals surface area contributed by atoms with Crippen LogP contribution in [0.1, 0.15) is 40.0 Å². The molecular formula is C16H24ClNO3S. The third-order valence-corrected chi connectivity index (χ3v) is 4.74. The maximum absolute atomic E-state index is 12.3. The molecule has 4 nitrogen and oxygen atoms in total. The first-order valence-corrected chi connectivity index (χ1v) is 8.97. The van der Waals surface area contributed by atoms with Crippen LogP contribution in [0.5, 0.6) is 0 Å². The van der Waals surface area contributed by atoms with Crippen LogP contribution in [-0.2, 0) is 9.63 Å². The molecule has 2 atom stereocenters. The molecule has 0 spiro atoms. The van der Waals surface area contributed by atoms with E-state index in [0.717, 1.165) is 12.2 Å². The molecule has 1 aliphatic rings. The molecule has 0 amide bonds. The Balaban J connectivity index is 2.70. The zero-order valence-electron chi connectivity index (χ0n) is 13.3. The molecule has 0 aromatic carbocycles. The number of thioether (sulfide) groups is 1. The lowest BCUT2D eigenvalue weighted by atomic mass is 9.83. The first-order chi connectivity index (χ1) is 10.5. The van der Waals surface area contributed by atoms with Gasteiger partial charge in [0.25, 0.3) is 0 Å². The van der Waals surface area contributed by atoms with Gasteiger partial charge in [0.1, 0.15) is 12.4 Å². The summed E-state index contributed by atoms with van der Waals surface area (Å²) < 4.78 is 0. The van der Waals surface area contributed by atoms with Crippen molar-refractivity contribution in [2.45, 2.75) is 45.3 Å². The second kappa shape index (κ2) is 9.95. The first kappa shape index (κ1) is 19.1. The van der Waals surface area contributed by atoms with Crippen LogP contribution in [0.3, 0.4) is 0 Å². The molecule has 0 unspecified atom stereocenters. The van der Waals surface area contributed by atoms with Gasteiger partial charge in [-0.25, -0.2) is 0 Å². The molecule has 0 fully saturated rings. The van der Waals surface area contributed by atoms with Gasteiger partial charge in [0.15, 0.2) is 5.78 Å². The van der Waals surface area contributed by atoms with Crippen molar-refractivity contribution in [3.05, 3.63) is 22.9 Å². The Bertz CT molecular complexity index is 474. The number of ketones is 1. The fourth-order valence-electron chi connectivity index (χ4n) is 2.63. The monoisotopic (exact) mass is 345 g/mol. The van der Waals surface area contributed by atoms with Crippen LogP contribution in [0.15, 0.2) is 28.1 Å². The lowest BCUT2D eigenvalue weighted by Gasteiger charge is -2.25. The van der Waals surface area contributed by atoms with Crippen molar-refractivity contribution in [2.24, 2.45) is 11.1 Å². The summed E-state index contributed by atoms with van der Waals surface area (Å²) >= 11 is 7.26. The highest BCUT2D eigenvalue weighted by Crippen LogP contribution is 2.32. The Morgan fingerprint density at radius 1 is 1.59 bits per heavy atom. The minimum absolute atomic E-state index is 0.0554. The topological polar surface area (TPSA) is 58.9 Å². The Labute approximate surface area is 141 Å². The predicted octanol–water partition coefficient (Wildman–Crippen LogP) is 4.45. The number of carbonyl (C=O) groups is 1. The Morgan fingerprint density at radius 2 is 2.32 bits per heavy atom. The number of hydrogen-bond donors (Lipinski definition) is 1. The summed E-state index contributed by atoms with van der Waals surface area (Å²) in [6.07, 6.45) is 3.53. The molecule has 1 N–H and O–H groups in total. The van der Waals surface area contributed by atoms with Crippen molar-refractivity contribution >= 4 is 34.9 Å². The van der Waals surface area contributed by atoms with Gasteiger partial charge in [-0.1, -0.05) is 30.6 Å². The summed E-state index contributed by atoms with van der Waals surface area (Å²) in [7, 11) is 0. The highest BCUT2D eigenvalue weighted by atomic mass is 35.5. The Kier molecular flexibility index (Phi) is 8.64. The fraction of sp³-hybridized carbons (Fsp3) is 0.625. The quantitative estimate of drug-likeness (QED) is 0.401. The van der Waals surface area contributed by atoms with E-state index < -0.39 is 0 Å². The van der Waals surface area contributed by atoms with Gasteiger partial charge in [0, 0.05) is 23.6 Å². The summed E-state index contributed by atoms with van der Waals surface area (Å²) in [5.41, 5.74) is 2.06. The van der Waals surface area contributed by atoms with E-state index in [1.807, 2.05) is 11.8 Å². The molecule has 6 heteroatoms. The van der Waals surface area contributed by atoms with Gasteiger partial charge in [0.05, 0.1) is 11.3 Å².